The number of ether oxygens (including phenoxy) is 1. The zero-order valence-electron chi connectivity index (χ0n) is 18.1. The molecule has 32 heavy (non-hydrogen) atoms. The Morgan fingerprint density at radius 1 is 1.03 bits per heavy atom. The summed E-state index contributed by atoms with van der Waals surface area (Å²) >= 11 is 0. The van der Waals surface area contributed by atoms with Crippen molar-refractivity contribution in [2.24, 2.45) is 0 Å². The van der Waals surface area contributed by atoms with Gasteiger partial charge in [-0.3, -0.25) is 14.5 Å². The Labute approximate surface area is 184 Å². The summed E-state index contributed by atoms with van der Waals surface area (Å²) in [4.78, 5) is 60.8. The van der Waals surface area contributed by atoms with Crippen molar-refractivity contribution in [2.75, 3.05) is 11.4 Å². The minimum Gasteiger partial charge on any atom is -0.443 e. The van der Waals surface area contributed by atoms with E-state index in [1.165, 1.54) is 17.0 Å². The van der Waals surface area contributed by atoms with Gasteiger partial charge in [0.1, 0.15) is 11.4 Å². The lowest BCUT2D eigenvalue weighted by Gasteiger charge is -2.31. The van der Waals surface area contributed by atoms with Crippen molar-refractivity contribution in [3.8, 4) is 0 Å². The molecule has 0 spiro atoms. The van der Waals surface area contributed by atoms with Gasteiger partial charge in [-0.25, -0.2) is 14.6 Å². The number of aromatic nitrogens is 1. The molecule has 0 N–H and O–H groups in total. The molecule has 4 rings (SSSR count). The van der Waals surface area contributed by atoms with Gasteiger partial charge < -0.3 is 9.57 Å². The van der Waals surface area contributed by atoms with Crippen LogP contribution in [0, 0.1) is 0 Å². The van der Waals surface area contributed by atoms with Gasteiger partial charge in [0, 0.05) is 6.54 Å². The van der Waals surface area contributed by atoms with Crippen molar-refractivity contribution < 1.29 is 28.8 Å². The molecule has 2 aliphatic heterocycles. The second-order valence-electron chi connectivity index (χ2n) is 8.61. The van der Waals surface area contributed by atoms with Gasteiger partial charge in [-0.05, 0) is 57.4 Å². The summed E-state index contributed by atoms with van der Waals surface area (Å²) in [5, 5.41) is 0.471. The fourth-order valence-electron chi connectivity index (χ4n) is 3.60. The maximum absolute atomic E-state index is 12.6. The van der Waals surface area contributed by atoms with E-state index < -0.39 is 29.5 Å². The van der Waals surface area contributed by atoms with Crippen LogP contribution in [0.5, 0.6) is 0 Å². The number of carbonyl (C=O) groups excluding carboxylic acids is 4. The lowest BCUT2D eigenvalue weighted by Crippen LogP contribution is -2.40. The van der Waals surface area contributed by atoms with Crippen LogP contribution in [-0.2, 0) is 27.2 Å². The van der Waals surface area contributed by atoms with Crippen molar-refractivity contribution in [1.82, 2.24) is 10.0 Å². The number of benzene rings is 1. The SMILES string of the molecule is CC(C)(C)OC(=O)N1CCCc2ccc(CC(=O)ON3C(=O)c4ccccc4C3=O)nc21. The molecular weight excluding hydrogens is 414 g/mol. The fraction of sp³-hybridized carbons (Fsp3) is 0.348. The first kappa shape index (κ1) is 21.5. The molecule has 1 aromatic heterocycles. The third kappa shape index (κ3) is 4.18. The van der Waals surface area contributed by atoms with Crippen molar-refractivity contribution in [1.29, 1.82) is 0 Å². The lowest BCUT2D eigenvalue weighted by atomic mass is 10.1. The number of aryl methyl sites for hydroxylation is 1. The van der Waals surface area contributed by atoms with Gasteiger partial charge in [0.05, 0.1) is 23.2 Å². The van der Waals surface area contributed by atoms with Crippen LogP contribution < -0.4 is 4.90 Å². The van der Waals surface area contributed by atoms with Gasteiger partial charge in [0.2, 0.25) is 0 Å². The van der Waals surface area contributed by atoms with Crippen LogP contribution in [0.15, 0.2) is 36.4 Å². The van der Waals surface area contributed by atoms with Gasteiger partial charge in [-0.2, -0.15) is 0 Å². The number of pyridine rings is 1. The average Bonchev–Trinajstić information content (AvgIpc) is 2.97. The van der Waals surface area contributed by atoms with Crippen LogP contribution in [0.4, 0.5) is 10.6 Å². The lowest BCUT2D eigenvalue weighted by molar-refractivity contribution is -0.167. The zero-order chi connectivity index (χ0) is 23.0. The minimum atomic E-state index is -0.813. The number of hydrogen-bond acceptors (Lipinski definition) is 7. The highest BCUT2D eigenvalue weighted by Gasteiger charge is 2.38. The molecular formula is C23H23N3O6. The smallest absolute Gasteiger partial charge is 0.416 e. The summed E-state index contributed by atoms with van der Waals surface area (Å²) < 4.78 is 5.47. The molecule has 1 aromatic carbocycles. The maximum atomic E-state index is 12.6. The maximum Gasteiger partial charge on any atom is 0.416 e. The summed E-state index contributed by atoms with van der Waals surface area (Å²) in [5.41, 5.74) is 0.943. The molecule has 0 atom stereocenters. The highest BCUT2D eigenvalue weighted by atomic mass is 16.7. The molecule has 0 aliphatic carbocycles. The molecule has 9 heteroatoms. The quantitative estimate of drug-likeness (QED) is 0.680. The molecule has 3 amide bonds. The van der Waals surface area contributed by atoms with Crippen LogP contribution in [0.2, 0.25) is 0 Å². The summed E-state index contributed by atoms with van der Waals surface area (Å²) in [6.45, 7) is 5.82. The Morgan fingerprint density at radius 3 is 2.31 bits per heavy atom. The van der Waals surface area contributed by atoms with Gasteiger partial charge in [0.25, 0.3) is 11.8 Å². The molecule has 166 valence electrons. The van der Waals surface area contributed by atoms with Crippen molar-refractivity contribution in [3.05, 3.63) is 58.8 Å². The topological polar surface area (TPSA) is 106 Å². The van der Waals surface area contributed by atoms with Gasteiger partial charge in [-0.15, -0.1) is 0 Å². The third-order valence-corrected chi connectivity index (χ3v) is 4.99. The van der Waals surface area contributed by atoms with Crippen LogP contribution in [0.3, 0.4) is 0 Å². The van der Waals surface area contributed by atoms with Gasteiger partial charge in [-0.1, -0.05) is 23.3 Å². The van der Waals surface area contributed by atoms with Crippen molar-refractivity contribution >= 4 is 29.7 Å². The van der Waals surface area contributed by atoms with E-state index in [1.807, 2.05) is 6.07 Å². The van der Waals surface area contributed by atoms with Crippen LogP contribution in [0.25, 0.3) is 0 Å². The number of imide groups is 1. The molecule has 0 bridgehead atoms. The van der Waals surface area contributed by atoms with Crippen molar-refractivity contribution in [3.63, 3.8) is 0 Å². The number of hydrogen-bond donors (Lipinski definition) is 0. The standard InChI is InChI=1S/C23H23N3O6/c1-23(2,3)31-22(30)25-12-6-7-14-10-11-15(24-19(14)25)13-18(27)32-26-20(28)16-8-4-5-9-17(16)21(26)29/h4-5,8-11H,6-7,12-13H2,1-3H3. The highest BCUT2D eigenvalue weighted by molar-refractivity contribution is 6.20. The first-order chi connectivity index (χ1) is 15.1. The predicted molar refractivity (Wildman–Crippen MR) is 113 cm³/mol. The average molecular weight is 437 g/mol. The van der Waals surface area contributed by atoms with Crippen LogP contribution in [-0.4, -0.2) is 46.1 Å². The molecule has 9 nitrogen and oxygen atoms in total. The van der Waals surface area contributed by atoms with Crippen LogP contribution >= 0.6 is 0 Å². The fourth-order valence-corrected chi connectivity index (χ4v) is 3.60. The monoisotopic (exact) mass is 437 g/mol. The first-order valence-corrected chi connectivity index (χ1v) is 10.3. The molecule has 2 aliphatic rings. The summed E-state index contributed by atoms with van der Waals surface area (Å²) in [7, 11) is 0. The second kappa shape index (κ2) is 8.07. The number of carbonyl (C=O) groups is 4. The molecule has 0 saturated heterocycles. The Bertz CT molecular complexity index is 1090. The Balaban J connectivity index is 1.48. The predicted octanol–water partition coefficient (Wildman–Crippen LogP) is 3.07. The summed E-state index contributed by atoms with van der Waals surface area (Å²) in [5.74, 6) is -1.75. The number of rotatable bonds is 3. The summed E-state index contributed by atoms with van der Waals surface area (Å²) in [6.07, 6.45) is 0.746. The Hall–Kier alpha value is -3.75. The third-order valence-electron chi connectivity index (χ3n) is 4.99. The molecule has 0 radical (unpaired) electrons. The molecule has 0 unspecified atom stereocenters. The van der Waals surface area contributed by atoms with E-state index in [-0.39, 0.29) is 17.5 Å². The van der Waals surface area contributed by atoms with E-state index in [9.17, 15) is 19.2 Å². The minimum absolute atomic E-state index is 0.185. The second-order valence-corrected chi connectivity index (χ2v) is 8.61. The highest BCUT2D eigenvalue weighted by Crippen LogP contribution is 2.28. The Morgan fingerprint density at radius 2 is 1.69 bits per heavy atom. The van der Waals surface area contributed by atoms with E-state index in [0.717, 1.165) is 18.4 Å². The number of nitrogens with zero attached hydrogens (tertiary/aromatic N) is 3. The number of anilines is 1. The normalized spacial score (nSPS) is 15.3. The van der Waals surface area contributed by atoms with E-state index in [2.05, 4.69) is 4.98 Å². The van der Waals surface area contributed by atoms with Gasteiger partial charge in [0.15, 0.2) is 0 Å². The van der Waals surface area contributed by atoms with E-state index in [1.54, 1.807) is 39.0 Å². The number of fused-ring (bicyclic) bond motifs is 2. The molecule has 2 aromatic rings. The Kier molecular flexibility index (Phi) is 5.41. The van der Waals surface area contributed by atoms with Crippen LogP contribution in [0.1, 0.15) is 59.2 Å². The largest absolute Gasteiger partial charge is 0.443 e. The first-order valence-electron chi connectivity index (χ1n) is 10.3. The molecule has 3 heterocycles. The zero-order valence-corrected chi connectivity index (χ0v) is 18.1. The molecule has 0 fully saturated rings. The number of amides is 3. The summed E-state index contributed by atoms with van der Waals surface area (Å²) in [6, 6.07) is 9.73. The van der Waals surface area contributed by atoms with Crippen molar-refractivity contribution in [2.45, 2.75) is 45.6 Å². The van der Waals surface area contributed by atoms with Gasteiger partial charge >= 0.3 is 12.1 Å². The van der Waals surface area contributed by atoms with E-state index >= 15 is 0 Å². The number of hydroxylamine groups is 2. The molecule has 0 saturated carbocycles. The van der Waals surface area contributed by atoms with E-state index in [0.29, 0.717) is 23.1 Å². The van der Waals surface area contributed by atoms with E-state index in [4.69, 9.17) is 9.57 Å².